The molecule has 1 N–H and O–H groups in total. The fourth-order valence-electron chi connectivity index (χ4n) is 2.61. The molecule has 0 aliphatic carbocycles. The van der Waals surface area contributed by atoms with Gasteiger partial charge in [0.15, 0.2) is 0 Å². The molecule has 2 fully saturated rings. The number of rotatable bonds is 2. The maximum absolute atomic E-state index is 11.2. The first-order chi connectivity index (χ1) is 6.19. The molecular formula is C9H15NO3. The maximum atomic E-state index is 11.2. The molecule has 0 radical (unpaired) electrons. The summed E-state index contributed by atoms with van der Waals surface area (Å²) in [5, 5.41) is 9.19. The fourth-order valence-corrected chi connectivity index (χ4v) is 2.61. The Kier molecular flexibility index (Phi) is 2.04. The van der Waals surface area contributed by atoms with Gasteiger partial charge in [-0.15, -0.1) is 0 Å². The Labute approximate surface area is 77.5 Å². The molecule has 4 nitrogen and oxygen atoms in total. The summed E-state index contributed by atoms with van der Waals surface area (Å²) in [7, 11) is 1.66. The van der Waals surface area contributed by atoms with E-state index in [0.29, 0.717) is 6.42 Å². The lowest BCUT2D eigenvalue weighted by atomic mass is 9.94. The van der Waals surface area contributed by atoms with Crippen molar-refractivity contribution in [3.8, 4) is 0 Å². The third-order valence-corrected chi connectivity index (χ3v) is 3.34. The molecule has 4 heteroatoms. The molecule has 74 valence electrons. The Morgan fingerprint density at radius 3 is 3.00 bits per heavy atom. The molecule has 2 saturated heterocycles. The van der Waals surface area contributed by atoms with Crippen molar-refractivity contribution in [1.82, 2.24) is 4.90 Å². The minimum atomic E-state index is -0.676. The predicted molar refractivity (Wildman–Crippen MR) is 46.6 cm³/mol. The van der Waals surface area contributed by atoms with Gasteiger partial charge in [0.2, 0.25) is 0 Å². The van der Waals surface area contributed by atoms with Gasteiger partial charge in [-0.3, -0.25) is 9.69 Å². The van der Waals surface area contributed by atoms with Crippen LogP contribution in [0.3, 0.4) is 0 Å². The van der Waals surface area contributed by atoms with Crippen molar-refractivity contribution >= 4 is 5.97 Å². The minimum Gasteiger partial charge on any atom is -0.480 e. The third kappa shape index (κ3) is 1.16. The van der Waals surface area contributed by atoms with Crippen LogP contribution in [0.1, 0.15) is 19.3 Å². The highest BCUT2D eigenvalue weighted by Gasteiger charge is 2.53. The lowest BCUT2D eigenvalue weighted by Gasteiger charge is -2.26. The van der Waals surface area contributed by atoms with Crippen molar-refractivity contribution in [3.05, 3.63) is 0 Å². The number of fused-ring (bicyclic) bond motifs is 1. The third-order valence-electron chi connectivity index (χ3n) is 3.34. The highest BCUT2D eigenvalue weighted by Crippen LogP contribution is 2.39. The molecule has 0 amide bonds. The number of carboxylic acids is 1. The Balaban J connectivity index is 2.20. The van der Waals surface area contributed by atoms with E-state index in [-0.39, 0.29) is 6.10 Å². The normalized spacial score (nSPS) is 39.3. The van der Waals surface area contributed by atoms with E-state index in [0.717, 1.165) is 25.9 Å². The summed E-state index contributed by atoms with van der Waals surface area (Å²) < 4.78 is 5.22. The lowest BCUT2D eigenvalue weighted by molar-refractivity contribution is -0.148. The average Bonchev–Trinajstić information content (AvgIpc) is 2.58. The molecule has 0 spiro atoms. The lowest BCUT2D eigenvalue weighted by Crippen LogP contribution is -2.45. The zero-order valence-electron chi connectivity index (χ0n) is 7.82. The number of ether oxygens (including phenoxy) is 1. The van der Waals surface area contributed by atoms with Crippen molar-refractivity contribution in [2.24, 2.45) is 0 Å². The summed E-state index contributed by atoms with van der Waals surface area (Å²) >= 11 is 0. The van der Waals surface area contributed by atoms with E-state index in [1.165, 1.54) is 0 Å². The quantitative estimate of drug-likeness (QED) is 0.673. The highest BCUT2D eigenvalue weighted by atomic mass is 16.5. The van der Waals surface area contributed by atoms with Crippen molar-refractivity contribution < 1.29 is 14.6 Å². The van der Waals surface area contributed by atoms with Gasteiger partial charge in [-0.05, 0) is 19.4 Å². The van der Waals surface area contributed by atoms with Crippen molar-refractivity contribution in [2.75, 3.05) is 20.2 Å². The largest absolute Gasteiger partial charge is 0.480 e. The maximum Gasteiger partial charge on any atom is 0.324 e. The number of methoxy groups -OCH3 is 1. The van der Waals surface area contributed by atoms with Crippen LogP contribution in [0.15, 0.2) is 0 Å². The monoisotopic (exact) mass is 185 g/mol. The molecule has 0 aromatic carbocycles. The standard InChI is InChI=1S/C9H15NO3/c1-13-7-5-9(8(11)12)3-2-4-10(9)6-7/h7H,2-6H2,1H3,(H,11,12)/t7-,9+/m1/s1. The van der Waals surface area contributed by atoms with Gasteiger partial charge >= 0.3 is 5.97 Å². The van der Waals surface area contributed by atoms with Gasteiger partial charge < -0.3 is 9.84 Å². The van der Waals surface area contributed by atoms with Crippen LogP contribution in [0.25, 0.3) is 0 Å². The van der Waals surface area contributed by atoms with Crippen LogP contribution in [0.5, 0.6) is 0 Å². The van der Waals surface area contributed by atoms with Crippen LogP contribution in [-0.4, -0.2) is 47.8 Å². The zero-order chi connectivity index (χ0) is 9.47. The van der Waals surface area contributed by atoms with Gasteiger partial charge in [-0.2, -0.15) is 0 Å². The van der Waals surface area contributed by atoms with Gasteiger partial charge in [0.25, 0.3) is 0 Å². The zero-order valence-corrected chi connectivity index (χ0v) is 7.82. The van der Waals surface area contributed by atoms with Crippen LogP contribution in [-0.2, 0) is 9.53 Å². The molecule has 0 bridgehead atoms. The molecule has 13 heavy (non-hydrogen) atoms. The van der Waals surface area contributed by atoms with Gasteiger partial charge in [0, 0.05) is 20.1 Å². The molecule has 2 atom stereocenters. The number of carboxylic acid groups (broad SMARTS) is 1. The van der Waals surface area contributed by atoms with Gasteiger partial charge in [-0.25, -0.2) is 0 Å². The second-order valence-electron chi connectivity index (χ2n) is 3.95. The number of nitrogens with zero attached hydrogens (tertiary/aromatic N) is 1. The van der Waals surface area contributed by atoms with Crippen LogP contribution >= 0.6 is 0 Å². The topological polar surface area (TPSA) is 49.8 Å². The summed E-state index contributed by atoms with van der Waals surface area (Å²) in [5.74, 6) is -0.676. The first kappa shape index (κ1) is 8.97. The van der Waals surface area contributed by atoms with E-state index in [1.54, 1.807) is 7.11 Å². The number of hydrogen-bond donors (Lipinski definition) is 1. The molecule has 2 aliphatic rings. The fraction of sp³-hybridized carbons (Fsp3) is 0.889. The summed E-state index contributed by atoms with van der Waals surface area (Å²) in [6.45, 7) is 1.69. The molecule has 2 aliphatic heterocycles. The number of aliphatic carboxylic acids is 1. The Bertz CT molecular complexity index is 231. The molecule has 2 heterocycles. The van der Waals surface area contributed by atoms with E-state index < -0.39 is 11.5 Å². The van der Waals surface area contributed by atoms with Crippen molar-refractivity contribution in [2.45, 2.75) is 30.9 Å². The summed E-state index contributed by atoms with van der Waals surface area (Å²) in [6.07, 6.45) is 2.54. The second-order valence-corrected chi connectivity index (χ2v) is 3.95. The van der Waals surface area contributed by atoms with E-state index in [1.807, 2.05) is 0 Å². The first-order valence-corrected chi connectivity index (χ1v) is 4.70. The Morgan fingerprint density at radius 1 is 1.69 bits per heavy atom. The van der Waals surface area contributed by atoms with E-state index in [9.17, 15) is 9.90 Å². The molecule has 2 rings (SSSR count). The van der Waals surface area contributed by atoms with E-state index in [2.05, 4.69) is 4.90 Å². The van der Waals surface area contributed by atoms with Crippen LogP contribution in [0.2, 0.25) is 0 Å². The minimum absolute atomic E-state index is 0.108. The number of hydrogen-bond acceptors (Lipinski definition) is 3. The Hall–Kier alpha value is -0.610. The molecule has 0 unspecified atom stereocenters. The smallest absolute Gasteiger partial charge is 0.324 e. The summed E-state index contributed by atoms with van der Waals surface area (Å²) in [4.78, 5) is 13.2. The second kappa shape index (κ2) is 2.96. The van der Waals surface area contributed by atoms with Crippen LogP contribution in [0.4, 0.5) is 0 Å². The van der Waals surface area contributed by atoms with E-state index in [4.69, 9.17) is 4.74 Å². The summed E-state index contributed by atoms with van der Waals surface area (Å²) in [6, 6.07) is 0. The van der Waals surface area contributed by atoms with Crippen molar-refractivity contribution in [3.63, 3.8) is 0 Å². The van der Waals surface area contributed by atoms with Crippen LogP contribution in [0, 0.1) is 0 Å². The first-order valence-electron chi connectivity index (χ1n) is 4.70. The van der Waals surface area contributed by atoms with Gasteiger partial charge in [0.05, 0.1) is 6.10 Å². The highest BCUT2D eigenvalue weighted by molar-refractivity contribution is 5.79. The van der Waals surface area contributed by atoms with Crippen molar-refractivity contribution in [1.29, 1.82) is 0 Å². The molecule has 0 saturated carbocycles. The SMILES string of the molecule is CO[C@H]1CN2CCC[C@@]2(C(=O)O)C1. The van der Waals surface area contributed by atoms with Gasteiger partial charge in [0.1, 0.15) is 5.54 Å². The Morgan fingerprint density at radius 2 is 2.46 bits per heavy atom. The van der Waals surface area contributed by atoms with Crippen LogP contribution < -0.4 is 0 Å². The number of carbonyl (C=O) groups is 1. The molecular weight excluding hydrogens is 170 g/mol. The van der Waals surface area contributed by atoms with E-state index >= 15 is 0 Å². The average molecular weight is 185 g/mol. The summed E-state index contributed by atoms with van der Waals surface area (Å²) in [5.41, 5.74) is -0.597. The van der Waals surface area contributed by atoms with Gasteiger partial charge in [-0.1, -0.05) is 0 Å². The predicted octanol–water partition coefficient (Wildman–Crippen LogP) is 0.324. The molecule has 0 aromatic rings. The molecule has 0 aromatic heterocycles.